The van der Waals surface area contributed by atoms with Gasteiger partial charge in [-0.2, -0.15) is 13.2 Å². The first-order valence-electron chi connectivity index (χ1n) is 5.95. The molecule has 1 unspecified atom stereocenters. The summed E-state index contributed by atoms with van der Waals surface area (Å²) in [6.07, 6.45) is -4.45. The number of halogens is 3. The predicted molar refractivity (Wildman–Crippen MR) is 60.2 cm³/mol. The van der Waals surface area contributed by atoms with E-state index in [0.717, 1.165) is 6.42 Å². The van der Waals surface area contributed by atoms with Gasteiger partial charge in [0.25, 0.3) is 0 Å². The Morgan fingerprint density at radius 1 is 1.33 bits per heavy atom. The summed E-state index contributed by atoms with van der Waals surface area (Å²) in [6, 6.07) is -0.710. The first kappa shape index (κ1) is 17.2. The molecular formula is C11H20F3NO3. The Labute approximate surface area is 105 Å². The minimum Gasteiger partial charge on any atom is -0.465 e. The molecule has 0 fully saturated rings. The first-order chi connectivity index (χ1) is 8.40. The lowest BCUT2D eigenvalue weighted by Gasteiger charge is -2.17. The minimum atomic E-state index is -4.24. The normalized spacial score (nSPS) is 13.4. The molecule has 7 heteroatoms. The summed E-state index contributed by atoms with van der Waals surface area (Å²) < 4.78 is 45.3. The quantitative estimate of drug-likeness (QED) is 0.514. The van der Waals surface area contributed by atoms with Crippen LogP contribution in [0.3, 0.4) is 0 Å². The summed E-state index contributed by atoms with van der Waals surface area (Å²) in [5.74, 6) is -0.502. The summed E-state index contributed by atoms with van der Waals surface area (Å²) in [5.41, 5.74) is 0. The molecule has 4 nitrogen and oxygen atoms in total. The molecule has 1 N–H and O–H groups in total. The largest absolute Gasteiger partial charge is 0.465 e. The molecule has 108 valence electrons. The van der Waals surface area contributed by atoms with Crippen molar-refractivity contribution in [3.8, 4) is 0 Å². The third-order valence-corrected chi connectivity index (χ3v) is 2.03. The number of hydrogen-bond donors (Lipinski definition) is 1. The summed E-state index contributed by atoms with van der Waals surface area (Å²) in [5, 5.41) is 2.87. The molecule has 0 aromatic carbocycles. The molecule has 0 aliphatic carbocycles. The van der Waals surface area contributed by atoms with Crippen molar-refractivity contribution in [2.24, 2.45) is 0 Å². The van der Waals surface area contributed by atoms with Crippen LogP contribution in [0.4, 0.5) is 13.2 Å². The lowest BCUT2D eigenvalue weighted by Crippen LogP contribution is -2.42. The molecule has 0 aromatic heterocycles. The SMILES string of the molecule is CCCNC(COCCC(F)(F)F)C(=O)OCC. The van der Waals surface area contributed by atoms with Gasteiger partial charge in [-0.05, 0) is 19.9 Å². The summed E-state index contributed by atoms with van der Waals surface area (Å²) in [4.78, 5) is 11.5. The first-order valence-corrected chi connectivity index (χ1v) is 5.95. The van der Waals surface area contributed by atoms with Crippen molar-refractivity contribution in [1.82, 2.24) is 5.32 Å². The molecule has 1 atom stereocenters. The van der Waals surface area contributed by atoms with E-state index in [-0.39, 0.29) is 13.2 Å². The highest BCUT2D eigenvalue weighted by Gasteiger charge is 2.27. The molecule has 0 amide bonds. The van der Waals surface area contributed by atoms with Gasteiger partial charge in [0.05, 0.1) is 26.2 Å². The fourth-order valence-electron chi connectivity index (χ4n) is 1.16. The molecule has 0 bridgehead atoms. The molecule has 0 radical (unpaired) electrons. The van der Waals surface area contributed by atoms with E-state index in [1.54, 1.807) is 6.92 Å². The third-order valence-electron chi connectivity index (χ3n) is 2.03. The molecule has 0 saturated carbocycles. The monoisotopic (exact) mass is 271 g/mol. The standard InChI is InChI=1S/C11H20F3NO3/c1-3-6-15-9(10(16)18-4-2)8-17-7-5-11(12,13)14/h9,15H,3-8H2,1-2H3. The molecule has 0 spiro atoms. The van der Waals surface area contributed by atoms with Crippen molar-refractivity contribution in [3.05, 3.63) is 0 Å². The van der Waals surface area contributed by atoms with Crippen LogP contribution in [0.2, 0.25) is 0 Å². The van der Waals surface area contributed by atoms with Gasteiger partial charge >= 0.3 is 12.1 Å². The second kappa shape index (κ2) is 9.16. The number of hydrogen-bond acceptors (Lipinski definition) is 4. The summed E-state index contributed by atoms with van der Waals surface area (Å²) >= 11 is 0. The molecule has 0 rings (SSSR count). The van der Waals surface area contributed by atoms with Crippen molar-refractivity contribution < 1.29 is 27.4 Å². The van der Waals surface area contributed by atoms with Crippen molar-refractivity contribution >= 4 is 5.97 Å². The average Bonchev–Trinajstić information content (AvgIpc) is 2.27. The smallest absolute Gasteiger partial charge is 0.391 e. The zero-order valence-electron chi connectivity index (χ0n) is 10.7. The molecular weight excluding hydrogens is 251 g/mol. The Hall–Kier alpha value is -0.820. The maximum absolute atomic E-state index is 11.9. The summed E-state index contributed by atoms with van der Waals surface area (Å²) in [6.45, 7) is 3.82. The van der Waals surface area contributed by atoms with Gasteiger partial charge in [0, 0.05) is 0 Å². The fourth-order valence-corrected chi connectivity index (χ4v) is 1.16. The summed E-state index contributed by atoms with van der Waals surface area (Å²) in [7, 11) is 0. The predicted octanol–water partition coefficient (Wildman–Crippen LogP) is 1.89. The van der Waals surface area contributed by atoms with Crippen LogP contribution in [0, 0.1) is 0 Å². The van der Waals surface area contributed by atoms with Gasteiger partial charge < -0.3 is 14.8 Å². The van der Waals surface area contributed by atoms with Crippen molar-refractivity contribution in [1.29, 1.82) is 0 Å². The molecule has 0 heterocycles. The molecule has 0 saturated heterocycles. The van der Waals surface area contributed by atoms with Gasteiger partial charge in [0.1, 0.15) is 6.04 Å². The van der Waals surface area contributed by atoms with Gasteiger partial charge in [-0.25, -0.2) is 0 Å². The van der Waals surface area contributed by atoms with Crippen molar-refractivity contribution in [2.45, 2.75) is 38.9 Å². The zero-order valence-corrected chi connectivity index (χ0v) is 10.7. The highest BCUT2D eigenvalue weighted by atomic mass is 19.4. The highest BCUT2D eigenvalue weighted by molar-refractivity contribution is 5.75. The van der Waals surface area contributed by atoms with Crippen LogP contribution in [-0.2, 0) is 14.3 Å². The lowest BCUT2D eigenvalue weighted by atomic mass is 10.3. The number of nitrogens with one attached hydrogen (secondary N) is 1. The number of carbonyl (C=O) groups excluding carboxylic acids is 1. The number of alkyl halides is 3. The minimum absolute atomic E-state index is 0.116. The Morgan fingerprint density at radius 2 is 2.00 bits per heavy atom. The van der Waals surface area contributed by atoms with E-state index < -0.39 is 31.2 Å². The topological polar surface area (TPSA) is 47.6 Å². The van der Waals surface area contributed by atoms with Gasteiger partial charge in [-0.15, -0.1) is 0 Å². The van der Waals surface area contributed by atoms with Crippen LogP contribution in [0.15, 0.2) is 0 Å². The van der Waals surface area contributed by atoms with Crippen molar-refractivity contribution in [2.75, 3.05) is 26.4 Å². The second-order valence-corrected chi connectivity index (χ2v) is 3.70. The van der Waals surface area contributed by atoms with Crippen LogP contribution in [0.25, 0.3) is 0 Å². The van der Waals surface area contributed by atoms with E-state index in [4.69, 9.17) is 9.47 Å². The number of ether oxygens (including phenoxy) is 2. The van der Waals surface area contributed by atoms with Gasteiger partial charge in [0.2, 0.25) is 0 Å². The molecule has 0 aromatic rings. The van der Waals surface area contributed by atoms with Gasteiger partial charge in [0.15, 0.2) is 0 Å². The second-order valence-electron chi connectivity index (χ2n) is 3.70. The number of rotatable bonds is 9. The maximum Gasteiger partial charge on any atom is 0.391 e. The lowest BCUT2D eigenvalue weighted by molar-refractivity contribution is -0.151. The van der Waals surface area contributed by atoms with Crippen LogP contribution in [0.1, 0.15) is 26.7 Å². The van der Waals surface area contributed by atoms with E-state index in [2.05, 4.69) is 5.32 Å². The van der Waals surface area contributed by atoms with Crippen LogP contribution < -0.4 is 5.32 Å². The maximum atomic E-state index is 11.9. The Balaban J connectivity index is 3.96. The Bertz CT molecular complexity index is 234. The number of carbonyl (C=O) groups is 1. The van der Waals surface area contributed by atoms with E-state index in [9.17, 15) is 18.0 Å². The van der Waals surface area contributed by atoms with E-state index in [1.165, 1.54) is 0 Å². The Kier molecular flexibility index (Phi) is 8.74. The zero-order chi connectivity index (χ0) is 14.0. The Morgan fingerprint density at radius 3 is 2.50 bits per heavy atom. The van der Waals surface area contributed by atoms with Crippen LogP contribution in [-0.4, -0.2) is 44.6 Å². The van der Waals surface area contributed by atoms with E-state index >= 15 is 0 Å². The van der Waals surface area contributed by atoms with Crippen LogP contribution in [0.5, 0.6) is 0 Å². The fraction of sp³-hybridized carbons (Fsp3) is 0.909. The van der Waals surface area contributed by atoms with Crippen LogP contribution >= 0.6 is 0 Å². The van der Waals surface area contributed by atoms with E-state index in [1.807, 2.05) is 6.92 Å². The van der Waals surface area contributed by atoms with Crippen molar-refractivity contribution in [3.63, 3.8) is 0 Å². The highest BCUT2D eigenvalue weighted by Crippen LogP contribution is 2.18. The molecule has 0 aliphatic rings. The number of esters is 1. The van der Waals surface area contributed by atoms with Gasteiger partial charge in [-0.3, -0.25) is 4.79 Å². The van der Waals surface area contributed by atoms with E-state index in [0.29, 0.717) is 6.54 Å². The molecule has 0 aliphatic heterocycles. The average molecular weight is 271 g/mol. The third kappa shape index (κ3) is 9.23. The van der Waals surface area contributed by atoms with Gasteiger partial charge in [-0.1, -0.05) is 6.92 Å². The molecule has 18 heavy (non-hydrogen) atoms.